The Labute approximate surface area is 237 Å². The molecule has 5 rings (SSSR count). The molecule has 0 atom stereocenters. The fraction of sp³-hybridized carbons (Fsp3) is 0.194. The molecule has 9 heteroatoms. The topological polar surface area (TPSA) is 84.3 Å². The molecule has 1 amide bonds. The fourth-order valence-electron chi connectivity index (χ4n) is 4.58. The number of likely N-dealkylation sites (N-methyl/N-ethyl adjacent to an activating group) is 1. The Morgan fingerprint density at radius 3 is 2.38 bits per heavy atom. The summed E-state index contributed by atoms with van der Waals surface area (Å²) in [7, 11) is 2.14. The SMILES string of the molecule is CN1CCN(Cc2ccc(C(=O)Nc3ccc(-c4cncc(C#N)c4Nc4ccc(F)c(Cl)c4)cc3)cc2)CC1. The second-order valence-corrected chi connectivity index (χ2v) is 10.2. The first kappa shape index (κ1) is 27.3. The van der Waals surface area contributed by atoms with E-state index in [4.69, 9.17) is 11.6 Å². The smallest absolute Gasteiger partial charge is 0.255 e. The third-order valence-electron chi connectivity index (χ3n) is 6.93. The van der Waals surface area contributed by atoms with Gasteiger partial charge in [0.15, 0.2) is 0 Å². The van der Waals surface area contributed by atoms with Crippen molar-refractivity contribution in [3.8, 4) is 17.2 Å². The van der Waals surface area contributed by atoms with E-state index < -0.39 is 5.82 Å². The molecule has 2 heterocycles. The molecular weight excluding hydrogens is 527 g/mol. The lowest BCUT2D eigenvalue weighted by Gasteiger charge is -2.32. The van der Waals surface area contributed by atoms with E-state index >= 15 is 0 Å². The Kier molecular flexibility index (Phi) is 8.37. The molecule has 0 spiro atoms. The van der Waals surface area contributed by atoms with Crippen molar-refractivity contribution in [2.75, 3.05) is 43.9 Å². The van der Waals surface area contributed by atoms with Crippen LogP contribution in [0.4, 0.5) is 21.5 Å². The molecule has 0 aliphatic carbocycles. The first-order chi connectivity index (χ1) is 19.4. The zero-order valence-corrected chi connectivity index (χ0v) is 22.8. The molecule has 7 nitrogen and oxygen atoms in total. The van der Waals surface area contributed by atoms with Gasteiger partial charge in [-0.25, -0.2) is 4.39 Å². The zero-order chi connectivity index (χ0) is 28.1. The highest BCUT2D eigenvalue weighted by atomic mass is 35.5. The summed E-state index contributed by atoms with van der Waals surface area (Å²) in [5, 5.41) is 15.7. The van der Waals surface area contributed by atoms with Crippen LogP contribution in [0, 0.1) is 17.1 Å². The van der Waals surface area contributed by atoms with Gasteiger partial charge in [0.25, 0.3) is 5.91 Å². The van der Waals surface area contributed by atoms with Gasteiger partial charge in [0, 0.05) is 67.6 Å². The maximum Gasteiger partial charge on any atom is 0.255 e. The monoisotopic (exact) mass is 554 g/mol. The molecule has 1 fully saturated rings. The summed E-state index contributed by atoms with van der Waals surface area (Å²) in [6.07, 6.45) is 3.10. The minimum Gasteiger partial charge on any atom is -0.354 e. The summed E-state index contributed by atoms with van der Waals surface area (Å²) in [5.74, 6) is -0.718. The molecule has 0 radical (unpaired) electrons. The predicted octanol–water partition coefficient (Wildman–Crippen LogP) is 6.16. The number of halogens is 2. The van der Waals surface area contributed by atoms with Crippen molar-refractivity contribution in [3.63, 3.8) is 0 Å². The number of nitrogens with one attached hydrogen (secondary N) is 2. The van der Waals surface area contributed by atoms with Crippen molar-refractivity contribution in [3.05, 3.63) is 107 Å². The first-order valence-corrected chi connectivity index (χ1v) is 13.3. The number of amides is 1. The maximum atomic E-state index is 13.6. The van der Waals surface area contributed by atoms with Gasteiger partial charge < -0.3 is 15.5 Å². The van der Waals surface area contributed by atoms with E-state index in [1.54, 1.807) is 24.4 Å². The number of benzene rings is 3. The molecule has 1 aliphatic rings. The highest BCUT2D eigenvalue weighted by Gasteiger charge is 2.15. The Morgan fingerprint density at radius 1 is 1.00 bits per heavy atom. The van der Waals surface area contributed by atoms with Crippen LogP contribution < -0.4 is 10.6 Å². The van der Waals surface area contributed by atoms with Crippen LogP contribution in [0.25, 0.3) is 11.1 Å². The van der Waals surface area contributed by atoms with Gasteiger partial charge in [-0.1, -0.05) is 35.9 Å². The summed E-state index contributed by atoms with van der Waals surface area (Å²) in [5.41, 5.74) is 5.25. The van der Waals surface area contributed by atoms with Gasteiger partial charge >= 0.3 is 0 Å². The number of rotatable bonds is 7. The van der Waals surface area contributed by atoms with Crippen LogP contribution in [-0.4, -0.2) is 53.9 Å². The van der Waals surface area contributed by atoms with Crippen molar-refractivity contribution in [2.45, 2.75) is 6.54 Å². The van der Waals surface area contributed by atoms with Crippen molar-refractivity contribution in [1.29, 1.82) is 5.26 Å². The van der Waals surface area contributed by atoms with E-state index in [1.807, 2.05) is 36.4 Å². The number of hydrogen-bond donors (Lipinski definition) is 2. The molecule has 1 aromatic heterocycles. The average Bonchev–Trinajstić information content (AvgIpc) is 2.97. The van der Waals surface area contributed by atoms with Crippen molar-refractivity contribution >= 4 is 34.6 Å². The Bertz CT molecular complexity index is 1540. The largest absolute Gasteiger partial charge is 0.354 e. The summed E-state index contributed by atoms with van der Waals surface area (Å²) in [6, 6.07) is 21.4. The zero-order valence-electron chi connectivity index (χ0n) is 22.0. The molecule has 3 aromatic carbocycles. The lowest BCUT2D eigenvalue weighted by atomic mass is 10.0. The average molecular weight is 555 g/mol. The Morgan fingerprint density at radius 2 is 1.70 bits per heavy atom. The van der Waals surface area contributed by atoms with Gasteiger partial charge in [-0.3, -0.25) is 14.7 Å². The first-order valence-electron chi connectivity index (χ1n) is 12.9. The van der Waals surface area contributed by atoms with Gasteiger partial charge in [0.1, 0.15) is 11.9 Å². The summed E-state index contributed by atoms with van der Waals surface area (Å²) < 4.78 is 13.6. The standard InChI is InChI=1S/C31H28ClFN6O/c1-38-12-14-39(15-13-38)20-21-2-4-23(5-3-21)31(40)37-25-8-6-22(7-9-25)27-19-35-18-24(17-34)30(27)36-26-10-11-29(33)28(32)16-26/h2-11,16,18-19H,12-15,20H2,1H3,(H,35,36)(H,37,40). The maximum absolute atomic E-state index is 13.6. The predicted molar refractivity (Wildman–Crippen MR) is 156 cm³/mol. The molecule has 1 aliphatic heterocycles. The normalized spacial score (nSPS) is 13.9. The lowest BCUT2D eigenvalue weighted by molar-refractivity contribution is 0.102. The number of aromatic nitrogens is 1. The number of hydrogen-bond acceptors (Lipinski definition) is 6. The van der Waals surface area contributed by atoms with E-state index in [0.717, 1.165) is 38.3 Å². The third kappa shape index (κ3) is 6.46. The van der Waals surface area contributed by atoms with E-state index in [-0.39, 0.29) is 10.9 Å². The summed E-state index contributed by atoms with van der Waals surface area (Å²) in [6.45, 7) is 5.11. The van der Waals surface area contributed by atoms with Crippen LogP contribution in [0.15, 0.2) is 79.1 Å². The number of carbonyl (C=O) groups excluding carboxylic acids is 1. The van der Waals surface area contributed by atoms with Gasteiger partial charge in [-0.15, -0.1) is 0 Å². The van der Waals surface area contributed by atoms with E-state index in [1.165, 1.54) is 23.9 Å². The number of piperazine rings is 1. The molecule has 4 aromatic rings. The molecule has 0 saturated carbocycles. The van der Waals surface area contributed by atoms with Crippen LogP contribution in [0.2, 0.25) is 5.02 Å². The second kappa shape index (κ2) is 12.3. The molecule has 0 unspecified atom stereocenters. The fourth-order valence-corrected chi connectivity index (χ4v) is 4.76. The number of nitrogens with zero attached hydrogens (tertiary/aromatic N) is 4. The Balaban J connectivity index is 1.27. The van der Waals surface area contributed by atoms with Gasteiger partial charge in [0.05, 0.1) is 16.3 Å². The molecule has 2 N–H and O–H groups in total. The Hall–Kier alpha value is -4.29. The molecular formula is C31H28ClFN6O. The minimum atomic E-state index is -0.526. The van der Waals surface area contributed by atoms with Crippen molar-refractivity contribution in [1.82, 2.24) is 14.8 Å². The number of anilines is 3. The minimum absolute atomic E-state index is 0.0242. The number of pyridine rings is 1. The van der Waals surface area contributed by atoms with Crippen molar-refractivity contribution < 1.29 is 9.18 Å². The van der Waals surface area contributed by atoms with Crippen LogP contribution in [-0.2, 0) is 6.54 Å². The van der Waals surface area contributed by atoms with E-state index in [9.17, 15) is 14.4 Å². The molecule has 202 valence electrons. The quantitative estimate of drug-likeness (QED) is 0.285. The number of carbonyl (C=O) groups is 1. The van der Waals surface area contributed by atoms with E-state index in [0.29, 0.717) is 33.8 Å². The van der Waals surface area contributed by atoms with Gasteiger partial charge in [0.2, 0.25) is 0 Å². The number of nitriles is 1. The lowest BCUT2D eigenvalue weighted by Crippen LogP contribution is -2.43. The second-order valence-electron chi connectivity index (χ2n) is 9.78. The summed E-state index contributed by atoms with van der Waals surface area (Å²) >= 11 is 5.94. The third-order valence-corrected chi connectivity index (χ3v) is 7.22. The highest BCUT2D eigenvalue weighted by molar-refractivity contribution is 6.31. The van der Waals surface area contributed by atoms with Crippen LogP contribution >= 0.6 is 11.6 Å². The molecule has 1 saturated heterocycles. The molecule has 0 bridgehead atoms. The van der Waals surface area contributed by atoms with Gasteiger partial charge in [-0.2, -0.15) is 5.26 Å². The van der Waals surface area contributed by atoms with Crippen LogP contribution in [0.3, 0.4) is 0 Å². The molecule has 40 heavy (non-hydrogen) atoms. The van der Waals surface area contributed by atoms with Crippen LogP contribution in [0.5, 0.6) is 0 Å². The van der Waals surface area contributed by atoms with Crippen molar-refractivity contribution in [2.24, 2.45) is 0 Å². The van der Waals surface area contributed by atoms with E-state index in [2.05, 4.69) is 38.5 Å². The summed E-state index contributed by atoms with van der Waals surface area (Å²) in [4.78, 5) is 21.8. The van der Waals surface area contributed by atoms with Gasteiger partial charge in [-0.05, 0) is 60.6 Å². The van der Waals surface area contributed by atoms with Crippen LogP contribution in [0.1, 0.15) is 21.5 Å². The highest BCUT2D eigenvalue weighted by Crippen LogP contribution is 2.34.